The molecule has 0 unspecified atom stereocenters. The number of anilines is 1. The minimum Gasteiger partial charge on any atom is -0.487 e. The average Bonchev–Trinajstić information content (AvgIpc) is 3.02. The van der Waals surface area contributed by atoms with E-state index < -0.39 is 0 Å². The SMILES string of the molecule is COCC1(CNc2nc3c(c(=O)[nH]2)Cc2ccccc2OC3)CCCC1. The molecule has 1 aliphatic carbocycles. The minimum atomic E-state index is -0.0926. The van der Waals surface area contributed by atoms with Crippen LogP contribution in [0.3, 0.4) is 0 Å². The van der Waals surface area contributed by atoms with Crippen molar-refractivity contribution in [1.82, 2.24) is 9.97 Å². The molecule has 0 bridgehead atoms. The molecule has 2 N–H and O–H groups in total. The summed E-state index contributed by atoms with van der Waals surface area (Å²) in [5, 5.41) is 3.34. The van der Waals surface area contributed by atoms with Crippen molar-refractivity contribution >= 4 is 5.95 Å². The Morgan fingerprint density at radius 3 is 2.92 bits per heavy atom. The third-order valence-electron chi connectivity index (χ3n) is 5.55. The van der Waals surface area contributed by atoms with Crippen LogP contribution in [0.15, 0.2) is 29.1 Å². The summed E-state index contributed by atoms with van der Waals surface area (Å²) in [6.07, 6.45) is 5.28. The van der Waals surface area contributed by atoms with E-state index in [2.05, 4.69) is 15.3 Å². The van der Waals surface area contributed by atoms with Gasteiger partial charge in [0.1, 0.15) is 12.4 Å². The highest BCUT2D eigenvalue weighted by Crippen LogP contribution is 2.38. The molecule has 4 rings (SSSR count). The van der Waals surface area contributed by atoms with Crippen molar-refractivity contribution in [3.05, 3.63) is 51.4 Å². The second-order valence-corrected chi connectivity index (χ2v) is 7.41. The highest BCUT2D eigenvalue weighted by molar-refractivity contribution is 5.41. The second-order valence-electron chi connectivity index (χ2n) is 7.41. The van der Waals surface area contributed by atoms with Gasteiger partial charge < -0.3 is 14.8 Å². The van der Waals surface area contributed by atoms with Crippen molar-refractivity contribution < 1.29 is 9.47 Å². The highest BCUT2D eigenvalue weighted by Gasteiger charge is 2.34. The number of hydrogen-bond acceptors (Lipinski definition) is 5. The number of benzene rings is 1. The molecule has 0 radical (unpaired) electrons. The number of rotatable bonds is 5. The zero-order chi connectivity index (χ0) is 18.0. The Kier molecular flexibility index (Phi) is 4.68. The zero-order valence-corrected chi connectivity index (χ0v) is 15.1. The molecule has 1 aromatic heterocycles. The first kappa shape index (κ1) is 17.1. The van der Waals surface area contributed by atoms with Gasteiger partial charge >= 0.3 is 0 Å². The fourth-order valence-electron chi connectivity index (χ4n) is 4.13. The number of nitrogens with one attached hydrogen (secondary N) is 2. The Morgan fingerprint density at radius 2 is 2.12 bits per heavy atom. The molecule has 0 spiro atoms. The van der Waals surface area contributed by atoms with Crippen molar-refractivity contribution in [2.45, 2.75) is 38.7 Å². The fraction of sp³-hybridized carbons (Fsp3) is 0.500. The van der Waals surface area contributed by atoms with Crippen LogP contribution in [0.2, 0.25) is 0 Å². The molecule has 138 valence electrons. The van der Waals surface area contributed by atoms with E-state index in [4.69, 9.17) is 9.47 Å². The molecule has 2 aromatic rings. The third kappa shape index (κ3) is 3.33. The van der Waals surface area contributed by atoms with Crippen molar-refractivity contribution in [1.29, 1.82) is 0 Å². The number of fused-ring (bicyclic) bond motifs is 2. The van der Waals surface area contributed by atoms with Crippen molar-refractivity contribution in [3.63, 3.8) is 0 Å². The predicted molar refractivity (Wildman–Crippen MR) is 99.7 cm³/mol. The standard InChI is InChI=1S/C20H25N3O3/c1-25-13-20(8-4-5-9-20)12-21-19-22-16-11-26-17-7-3-2-6-14(17)10-15(16)18(24)23-19/h2-3,6-7H,4-5,8-13H2,1H3,(H2,21,22,23,24). The largest absolute Gasteiger partial charge is 0.487 e. The summed E-state index contributed by atoms with van der Waals surface area (Å²) in [7, 11) is 1.75. The topological polar surface area (TPSA) is 76.2 Å². The molecule has 0 amide bonds. The van der Waals surface area contributed by atoms with Gasteiger partial charge in [0.2, 0.25) is 5.95 Å². The Hall–Kier alpha value is -2.34. The first-order chi connectivity index (χ1) is 12.7. The van der Waals surface area contributed by atoms with E-state index >= 15 is 0 Å². The molecule has 1 aliphatic heterocycles. The van der Waals surface area contributed by atoms with Gasteiger partial charge in [-0.15, -0.1) is 0 Å². The molecule has 26 heavy (non-hydrogen) atoms. The molecule has 0 atom stereocenters. The van der Waals surface area contributed by atoms with Crippen molar-refractivity contribution in [3.8, 4) is 5.75 Å². The number of nitrogens with zero attached hydrogens (tertiary/aromatic N) is 1. The van der Waals surface area contributed by atoms with E-state index in [0.29, 0.717) is 30.2 Å². The van der Waals surface area contributed by atoms with Gasteiger partial charge in [0.25, 0.3) is 5.56 Å². The smallest absolute Gasteiger partial charge is 0.256 e. The maximum Gasteiger partial charge on any atom is 0.256 e. The van der Waals surface area contributed by atoms with Crippen LogP contribution in [-0.2, 0) is 17.8 Å². The van der Waals surface area contributed by atoms with Crippen molar-refractivity contribution in [2.24, 2.45) is 5.41 Å². The lowest BCUT2D eigenvalue weighted by Crippen LogP contribution is -2.33. The number of H-pyrrole nitrogens is 1. The number of aromatic nitrogens is 2. The first-order valence-electron chi connectivity index (χ1n) is 9.25. The average molecular weight is 355 g/mol. The molecule has 6 heteroatoms. The minimum absolute atomic E-state index is 0.0926. The van der Waals surface area contributed by atoms with Crippen LogP contribution in [0.25, 0.3) is 0 Å². The van der Waals surface area contributed by atoms with Crippen LogP contribution >= 0.6 is 0 Å². The number of para-hydroxylation sites is 1. The molecule has 6 nitrogen and oxygen atoms in total. The number of hydrogen-bond donors (Lipinski definition) is 2. The van der Waals surface area contributed by atoms with Gasteiger partial charge in [-0.25, -0.2) is 4.98 Å². The summed E-state index contributed by atoms with van der Waals surface area (Å²) in [6.45, 7) is 1.80. The summed E-state index contributed by atoms with van der Waals surface area (Å²) >= 11 is 0. The quantitative estimate of drug-likeness (QED) is 0.862. The molecule has 0 saturated heterocycles. The number of aromatic amines is 1. The lowest BCUT2D eigenvalue weighted by molar-refractivity contribution is 0.0922. The maximum absolute atomic E-state index is 12.6. The second kappa shape index (κ2) is 7.11. The van der Waals surface area contributed by atoms with Crippen LogP contribution in [0, 0.1) is 5.41 Å². The summed E-state index contributed by atoms with van der Waals surface area (Å²) < 4.78 is 11.3. The molecular weight excluding hydrogens is 330 g/mol. The molecular formula is C20H25N3O3. The van der Waals surface area contributed by atoms with Gasteiger partial charge in [-0.05, 0) is 24.5 Å². The zero-order valence-electron chi connectivity index (χ0n) is 15.1. The van der Waals surface area contributed by atoms with E-state index in [1.54, 1.807) is 7.11 Å². The fourth-order valence-corrected chi connectivity index (χ4v) is 4.13. The monoisotopic (exact) mass is 355 g/mol. The van der Waals surface area contributed by atoms with Gasteiger partial charge in [0.15, 0.2) is 0 Å². The van der Waals surface area contributed by atoms with Crippen LogP contribution in [0.4, 0.5) is 5.95 Å². The molecule has 2 aliphatic rings. The van der Waals surface area contributed by atoms with Gasteiger partial charge in [-0.3, -0.25) is 9.78 Å². The van der Waals surface area contributed by atoms with E-state index in [-0.39, 0.29) is 11.0 Å². The lowest BCUT2D eigenvalue weighted by Gasteiger charge is -2.28. The normalized spacial score (nSPS) is 17.7. The lowest BCUT2D eigenvalue weighted by atomic mass is 9.87. The van der Waals surface area contributed by atoms with E-state index in [0.717, 1.165) is 37.3 Å². The Bertz CT molecular complexity index is 840. The van der Waals surface area contributed by atoms with Crippen LogP contribution in [0.1, 0.15) is 42.5 Å². The summed E-state index contributed by atoms with van der Waals surface area (Å²) in [4.78, 5) is 20.2. The molecule has 2 heterocycles. The van der Waals surface area contributed by atoms with Gasteiger partial charge in [-0.2, -0.15) is 0 Å². The molecule has 1 fully saturated rings. The Labute approximate surface area is 153 Å². The van der Waals surface area contributed by atoms with Crippen LogP contribution < -0.4 is 15.6 Å². The summed E-state index contributed by atoms with van der Waals surface area (Å²) in [6, 6.07) is 7.83. The Morgan fingerprint density at radius 1 is 1.31 bits per heavy atom. The highest BCUT2D eigenvalue weighted by atomic mass is 16.5. The molecule has 1 saturated carbocycles. The number of ether oxygens (including phenoxy) is 2. The summed E-state index contributed by atoms with van der Waals surface area (Å²) in [5.74, 6) is 1.34. The number of methoxy groups -OCH3 is 1. The van der Waals surface area contributed by atoms with Crippen LogP contribution in [0.5, 0.6) is 5.75 Å². The van der Waals surface area contributed by atoms with Gasteiger partial charge in [0.05, 0.1) is 12.3 Å². The van der Waals surface area contributed by atoms with Crippen molar-refractivity contribution in [2.75, 3.05) is 25.6 Å². The van der Waals surface area contributed by atoms with E-state index in [1.807, 2.05) is 24.3 Å². The van der Waals surface area contributed by atoms with E-state index in [9.17, 15) is 4.79 Å². The predicted octanol–water partition coefficient (Wildman–Crippen LogP) is 2.87. The van der Waals surface area contributed by atoms with Gasteiger partial charge in [0, 0.05) is 31.1 Å². The van der Waals surface area contributed by atoms with Gasteiger partial charge in [-0.1, -0.05) is 31.0 Å². The maximum atomic E-state index is 12.6. The Balaban J connectivity index is 1.55. The van der Waals surface area contributed by atoms with E-state index in [1.165, 1.54) is 12.8 Å². The first-order valence-corrected chi connectivity index (χ1v) is 9.25. The molecule has 1 aromatic carbocycles. The third-order valence-corrected chi connectivity index (χ3v) is 5.55. The summed E-state index contributed by atoms with van der Waals surface area (Å²) in [5.41, 5.74) is 2.45. The van der Waals surface area contributed by atoms with Crippen LogP contribution in [-0.4, -0.2) is 30.2 Å².